The first-order chi connectivity index (χ1) is 8.11. The van der Waals surface area contributed by atoms with Gasteiger partial charge in [0, 0.05) is 12.2 Å². The first kappa shape index (κ1) is 13.6. The Morgan fingerprint density at radius 2 is 2.29 bits per heavy atom. The van der Waals surface area contributed by atoms with E-state index in [-0.39, 0.29) is 17.0 Å². The van der Waals surface area contributed by atoms with E-state index >= 15 is 0 Å². The van der Waals surface area contributed by atoms with Crippen LogP contribution in [0.5, 0.6) is 0 Å². The molecule has 0 spiro atoms. The Balaban J connectivity index is 3.07. The summed E-state index contributed by atoms with van der Waals surface area (Å²) in [5.74, 6) is 0.855. The third-order valence-electron chi connectivity index (χ3n) is 2.51. The van der Waals surface area contributed by atoms with Crippen LogP contribution in [0.25, 0.3) is 0 Å². The van der Waals surface area contributed by atoms with Gasteiger partial charge in [0.2, 0.25) is 0 Å². The van der Waals surface area contributed by atoms with Gasteiger partial charge in [0.05, 0.1) is 5.56 Å². The Labute approximate surface area is 104 Å². The molecule has 1 aromatic rings. The Morgan fingerprint density at radius 1 is 1.59 bits per heavy atom. The highest BCUT2D eigenvalue weighted by molar-refractivity contribution is 7.98. The summed E-state index contributed by atoms with van der Waals surface area (Å²) in [5.41, 5.74) is 6.36. The number of pyridine rings is 1. The lowest BCUT2D eigenvalue weighted by molar-refractivity contribution is 0.318. The van der Waals surface area contributed by atoms with Gasteiger partial charge >= 0.3 is 0 Å². The first-order valence-corrected chi connectivity index (χ1v) is 6.68. The molecular formula is C11H17N3O2S. The number of hydrogen-bond acceptors (Lipinski definition) is 4. The van der Waals surface area contributed by atoms with E-state index in [4.69, 9.17) is 10.9 Å². The summed E-state index contributed by atoms with van der Waals surface area (Å²) in [6.45, 7) is 2.52. The molecule has 0 aliphatic heterocycles. The van der Waals surface area contributed by atoms with Crippen molar-refractivity contribution in [3.8, 4) is 0 Å². The van der Waals surface area contributed by atoms with Gasteiger partial charge in [-0.2, -0.15) is 11.8 Å². The first-order valence-electron chi connectivity index (χ1n) is 5.29. The second-order valence-corrected chi connectivity index (χ2v) is 4.66. The minimum absolute atomic E-state index is 0.145. The maximum Gasteiger partial charge on any atom is 0.261 e. The lowest BCUT2D eigenvalue weighted by Gasteiger charge is -2.10. The number of amidine groups is 1. The fourth-order valence-electron chi connectivity index (χ4n) is 1.56. The summed E-state index contributed by atoms with van der Waals surface area (Å²) >= 11 is 1.74. The van der Waals surface area contributed by atoms with Gasteiger partial charge in [0.15, 0.2) is 5.84 Å². The van der Waals surface area contributed by atoms with E-state index in [0.29, 0.717) is 6.54 Å². The summed E-state index contributed by atoms with van der Waals surface area (Å²) in [7, 11) is 0. The van der Waals surface area contributed by atoms with Crippen molar-refractivity contribution in [1.29, 1.82) is 0 Å². The van der Waals surface area contributed by atoms with E-state index in [1.807, 2.05) is 13.2 Å². The largest absolute Gasteiger partial charge is 0.409 e. The van der Waals surface area contributed by atoms with E-state index in [0.717, 1.165) is 17.9 Å². The Morgan fingerprint density at radius 3 is 2.88 bits per heavy atom. The predicted octanol–water partition coefficient (Wildman–Crippen LogP) is 1.00. The molecule has 0 bridgehead atoms. The van der Waals surface area contributed by atoms with E-state index < -0.39 is 0 Å². The molecule has 1 aromatic heterocycles. The van der Waals surface area contributed by atoms with Crippen molar-refractivity contribution in [1.82, 2.24) is 4.57 Å². The Hall–Kier alpha value is -1.43. The summed E-state index contributed by atoms with van der Waals surface area (Å²) in [6.07, 6.45) is 2.95. The monoisotopic (exact) mass is 255 g/mol. The topological polar surface area (TPSA) is 80.6 Å². The van der Waals surface area contributed by atoms with Gasteiger partial charge < -0.3 is 15.5 Å². The molecule has 3 N–H and O–H groups in total. The van der Waals surface area contributed by atoms with Crippen molar-refractivity contribution in [2.75, 3.05) is 12.0 Å². The summed E-state index contributed by atoms with van der Waals surface area (Å²) < 4.78 is 1.66. The molecule has 0 atom stereocenters. The molecule has 0 aromatic carbocycles. The van der Waals surface area contributed by atoms with Crippen LogP contribution in [0.4, 0.5) is 0 Å². The van der Waals surface area contributed by atoms with Crippen LogP contribution in [0.2, 0.25) is 0 Å². The zero-order chi connectivity index (χ0) is 12.8. The molecule has 5 nitrogen and oxygen atoms in total. The minimum Gasteiger partial charge on any atom is -0.409 e. The van der Waals surface area contributed by atoms with Crippen LogP contribution in [0.1, 0.15) is 17.7 Å². The van der Waals surface area contributed by atoms with Crippen LogP contribution < -0.4 is 11.3 Å². The van der Waals surface area contributed by atoms with Crippen molar-refractivity contribution in [2.24, 2.45) is 10.9 Å². The van der Waals surface area contributed by atoms with Crippen LogP contribution in [-0.4, -0.2) is 27.6 Å². The zero-order valence-corrected chi connectivity index (χ0v) is 10.8. The number of aryl methyl sites for hydroxylation is 1. The highest BCUT2D eigenvalue weighted by atomic mass is 32.2. The molecule has 0 aliphatic carbocycles. The molecule has 0 saturated heterocycles. The van der Waals surface area contributed by atoms with Crippen LogP contribution >= 0.6 is 11.8 Å². The van der Waals surface area contributed by atoms with Crippen molar-refractivity contribution < 1.29 is 5.21 Å². The van der Waals surface area contributed by atoms with Crippen molar-refractivity contribution in [3.05, 3.63) is 33.7 Å². The SMILES string of the molecule is CSCCCn1c(C)ccc(/C(N)=N/O)c1=O. The number of hydrogen-bond donors (Lipinski definition) is 2. The lowest BCUT2D eigenvalue weighted by atomic mass is 10.2. The number of rotatable bonds is 5. The molecule has 0 saturated carbocycles. The minimum atomic E-state index is -0.207. The zero-order valence-electron chi connectivity index (χ0n) is 10.0. The molecule has 94 valence electrons. The Kier molecular flexibility index (Phi) is 5.09. The van der Waals surface area contributed by atoms with Gasteiger partial charge in [-0.15, -0.1) is 0 Å². The van der Waals surface area contributed by atoms with Gasteiger partial charge in [0.25, 0.3) is 5.56 Å². The summed E-state index contributed by atoms with van der Waals surface area (Å²) in [4.78, 5) is 12.1. The number of nitrogens with two attached hydrogens (primary N) is 1. The van der Waals surface area contributed by atoms with Gasteiger partial charge in [-0.3, -0.25) is 4.79 Å². The third-order valence-corrected chi connectivity index (χ3v) is 3.20. The third kappa shape index (κ3) is 3.26. The highest BCUT2D eigenvalue weighted by Crippen LogP contribution is 2.02. The molecule has 17 heavy (non-hydrogen) atoms. The fraction of sp³-hybridized carbons (Fsp3) is 0.455. The molecule has 1 heterocycles. The van der Waals surface area contributed by atoms with Gasteiger partial charge in [0.1, 0.15) is 0 Å². The second-order valence-electron chi connectivity index (χ2n) is 3.68. The standard InChI is InChI=1S/C11H17N3O2S/c1-8-4-5-9(10(12)13-16)11(15)14(8)6-3-7-17-2/h4-5,16H,3,6-7H2,1-2H3,(H2,12,13). The van der Waals surface area contributed by atoms with Gasteiger partial charge in [-0.1, -0.05) is 5.16 Å². The van der Waals surface area contributed by atoms with Crippen LogP contribution in [0, 0.1) is 6.92 Å². The molecule has 0 amide bonds. The van der Waals surface area contributed by atoms with Gasteiger partial charge in [-0.05, 0) is 37.5 Å². The highest BCUT2D eigenvalue weighted by Gasteiger charge is 2.09. The quantitative estimate of drug-likeness (QED) is 0.270. The maximum absolute atomic E-state index is 12.1. The van der Waals surface area contributed by atoms with Crippen molar-refractivity contribution >= 4 is 17.6 Å². The van der Waals surface area contributed by atoms with E-state index in [1.165, 1.54) is 0 Å². The molecule has 0 unspecified atom stereocenters. The van der Waals surface area contributed by atoms with Crippen LogP contribution in [0.15, 0.2) is 22.1 Å². The van der Waals surface area contributed by atoms with Crippen LogP contribution in [-0.2, 0) is 6.54 Å². The number of oxime groups is 1. The van der Waals surface area contributed by atoms with E-state index in [1.54, 1.807) is 28.5 Å². The molecule has 0 aliphatic rings. The smallest absolute Gasteiger partial charge is 0.261 e. The maximum atomic E-state index is 12.1. The molecule has 6 heteroatoms. The molecule has 0 fully saturated rings. The van der Waals surface area contributed by atoms with Crippen LogP contribution in [0.3, 0.4) is 0 Å². The normalized spacial score (nSPS) is 11.8. The average molecular weight is 255 g/mol. The molecule has 1 rings (SSSR count). The number of thioether (sulfide) groups is 1. The van der Waals surface area contributed by atoms with Crippen molar-refractivity contribution in [3.63, 3.8) is 0 Å². The van der Waals surface area contributed by atoms with E-state index in [9.17, 15) is 4.79 Å². The van der Waals surface area contributed by atoms with Gasteiger partial charge in [-0.25, -0.2) is 0 Å². The predicted molar refractivity (Wildman–Crippen MR) is 70.9 cm³/mol. The number of aromatic nitrogens is 1. The van der Waals surface area contributed by atoms with Crippen molar-refractivity contribution in [2.45, 2.75) is 19.9 Å². The molecule has 0 radical (unpaired) electrons. The summed E-state index contributed by atoms with van der Waals surface area (Å²) in [6, 6.07) is 3.38. The second kappa shape index (κ2) is 6.34. The van der Waals surface area contributed by atoms with E-state index in [2.05, 4.69) is 5.16 Å². The number of nitrogens with zero attached hydrogens (tertiary/aromatic N) is 2. The molecular weight excluding hydrogens is 238 g/mol. The average Bonchev–Trinajstić information content (AvgIpc) is 2.32. The fourth-order valence-corrected chi connectivity index (χ4v) is 1.98. The summed E-state index contributed by atoms with van der Waals surface area (Å²) in [5, 5.41) is 11.5. The lowest BCUT2D eigenvalue weighted by Crippen LogP contribution is -2.31. The Bertz CT molecular complexity index is 468.